The lowest BCUT2D eigenvalue weighted by atomic mass is 9.48. The third-order valence-electron chi connectivity index (χ3n) is 10.5. The Labute approximate surface area is 226 Å². The molecule has 1 aromatic rings. The molecule has 1 amide bonds. The number of phenolic OH excluding ortho intramolecular Hbond substituents is 1. The molecule has 7 N–H and O–H groups in total. The summed E-state index contributed by atoms with van der Waals surface area (Å²) in [6.07, 6.45) is -2.85. The molecule has 0 unspecified atom stereocenters. The molecule has 1 aromatic carbocycles. The second-order valence-electron chi connectivity index (χ2n) is 12.6. The van der Waals surface area contributed by atoms with Crippen molar-refractivity contribution in [3.63, 3.8) is 0 Å². The van der Waals surface area contributed by atoms with E-state index in [1.165, 1.54) is 12.8 Å². The van der Waals surface area contributed by atoms with Gasteiger partial charge in [-0.15, -0.1) is 0 Å². The second kappa shape index (κ2) is 9.01. The number of likely N-dealkylation sites (tertiary alicyclic amines) is 1. The zero-order valence-corrected chi connectivity index (χ0v) is 21.8. The summed E-state index contributed by atoms with van der Waals surface area (Å²) >= 11 is 0. The van der Waals surface area contributed by atoms with Crippen molar-refractivity contribution >= 4 is 5.91 Å². The van der Waals surface area contributed by atoms with Crippen molar-refractivity contribution in [2.45, 2.75) is 105 Å². The predicted molar refractivity (Wildman–Crippen MR) is 135 cm³/mol. The van der Waals surface area contributed by atoms with E-state index in [9.17, 15) is 35.4 Å². The third-order valence-corrected chi connectivity index (χ3v) is 10.5. The van der Waals surface area contributed by atoms with E-state index in [1.807, 2.05) is 6.07 Å². The molecule has 3 heterocycles. The quantitative estimate of drug-likeness (QED) is 0.227. The normalized spacial score (nSPS) is 44.4. The number of aliphatic hydroxyl groups is 5. The smallest absolute Gasteiger partial charge is 0.223 e. The zero-order chi connectivity index (χ0) is 27.3. The number of nitrogens with one attached hydrogen (secondary N) is 1. The molecule has 6 aliphatic rings. The first-order valence-corrected chi connectivity index (χ1v) is 14.3. The Kier molecular flexibility index (Phi) is 5.99. The highest BCUT2D eigenvalue weighted by atomic mass is 16.5. The van der Waals surface area contributed by atoms with Gasteiger partial charge in [-0.05, 0) is 62.6 Å². The number of amides is 1. The number of phenols is 1. The summed E-state index contributed by atoms with van der Waals surface area (Å²) in [4.78, 5) is 15.7. The van der Waals surface area contributed by atoms with Crippen molar-refractivity contribution in [2.75, 3.05) is 19.7 Å². The monoisotopic (exact) mass is 546 g/mol. The van der Waals surface area contributed by atoms with Crippen molar-refractivity contribution in [1.29, 1.82) is 0 Å². The molecule has 39 heavy (non-hydrogen) atoms. The average Bonchev–Trinajstić information content (AvgIpc) is 3.65. The van der Waals surface area contributed by atoms with Crippen LogP contribution in [-0.4, -0.2) is 115 Å². The first-order chi connectivity index (χ1) is 18.7. The van der Waals surface area contributed by atoms with Crippen LogP contribution >= 0.6 is 0 Å². The molecular weight excluding hydrogens is 508 g/mol. The van der Waals surface area contributed by atoms with Crippen molar-refractivity contribution < 1.29 is 44.9 Å². The molecular formula is C28H38N2O9. The van der Waals surface area contributed by atoms with E-state index in [4.69, 9.17) is 9.47 Å². The Morgan fingerprint density at radius 2 is 1.85 bits per heavy atom. The Morgan fingerprint density at radius 3 is 2.59 bits per heavy atom. The number of benzene rings is 1. The minimum atomic E-state index is -1.55. The number of aromatic hydroxyl groups is 1. The van der Waals surface area contributed by atoms with Crippen LogP contribution in [-0.2, 0) is 21.4 Å². The summed E-state index contributed by atoms with van der Waals surface area (Å²) in [5.41, 5.74) is 0.132. The van der Waals surface area contributed by atoms with Crippen LogP contribution in [0.3, 0.4) is 0 Å². The molecule has 0 radical (unpaired) electrons. The van der Waals surface area contributed by atoms with Gasteiger partial charge in [0.2, 0.25) is 5.91 Å². The average molecular weight is 547 g/mol. The molecule has 11 heteroatoms. The number of carbonyl (C=O) groups is 1. The standard InChI is InChI=1S/C28H38N2O9/c31-12-18-23(35)24(36)22(34)17(38-18)10-20(33)29-15-5-6-28(37)19-9-14-3-4-16(32)25-21(14)27(28,26(15)39-25)7-8-30(19)11-13-1-2-13/h3-4,13,15,17-19,22-24,26,31-32,34-37H,1-2,5-12H2,(H,29,33)/t15-,17-,18+,19+,22-,23+,24+,26-,27-,28+/m0/s1. The van der Waals surface area contributed by atoms with Crippen molar-refractivity contribution in [3.05, 3.63) is 23.3 Å². The zero-order valence-electron chi connectivity index (χ0n) is 21.8. The van der Waals surface area contributed by atoms with Gasteiger partial charge in [0.05, 0.1) is 36.2 Å². The van der Waals surface area contributed by atoms with Crippen LogP contribution in [0.15, 0.2) is 12.1 Å². The molecule has 3 aliphatic carbocycles. The van der Waals surface area contributed by atoms with Crippen LogP contribution in [0.5, 0.6) is 11.5 Å². The fraction of sp³-hybridized carbons (Fsp3) is 0.750. The molecule has 2 saturated heterocycles. The Balaban J connectivity index is 1.16. The van der Waals surface area contributed by atoms with E-state index in [-0.39, 0.29) is 18.2 Å². The number of aliphatic hydroxyl groups excluding tert-OH is 4. The largest absolute Gasteiger partial charge is 0.504 e. The fourth-order valence-electron chi connectivity index (χ4n) is 8.43. The summed E-state index contributed by atoms with van der Waals surface area (Å²) in [5.74, 6) is 0.687. The molecule has 7 rings (SSSR count). The third kappa shape index (κ3) is 3.64. The number of nitrogens with zero attached hydrogens (tertiary/aromatic N) is 1. The maximum atomic E-state index is 13.2. The van der Waals surface area contributed by atoms with E-state index < -0.39 is 66.2 Å². The SMILES string of the molecule is O=C(C[C@@H]1O[C@H](CO)[C@@H](O)[C@H](O)[C@H]1O)N[C@H]1CC[C@@]2(O)[C@H]3Cc4ccc(O)c5c4[C@@]2(CCN3CC2CC2)[C@H]1O5. The lowest BCUT2D eigenvalue weighted by molar-refractivity contribution is -0.230. The number of carbonyl (C=O) groups excluding carboxylic acids is 1. The summed E-state index contributed by atoms with van der Waals surface area (Å²) < 4.78 is 12.0. The van der Waals surface area contributed by atoms with Gasteiger partial charge in [0.25, 0.3) is 0 Å². The van der Waals surface area contributed by atoms with Crippen molar-refractivity contribution in [1.82, 2.24) is 10.2 Å². The minimum absolute atomic E-state index is 0.0325. The molecule has 10 atom stereocenters. The molecule has 2 bridgehead atoms. The van der Waals surface area contributed by atoms with E-state index in [2.05, 4.69) is 10.2 Å². The van der Waals surface area contributed by atoms with Crippen LogP contribution in [0.25, 0.3) is 0 Å². The molecule has 4 fully saturated rings. The summed E-state index contributed by atoms with van der Waals surface area (Å²) in [6, 6.07) is 3.07. The van der Waals surface area contributed by atoms with Gasteiger partial charge in [-0.3, -0.25) is 9.69 Å². The summed E-state index contributed by atoms with van der Waals surface area (Å²) in [7, 11) is 0. The summed E-state index contributed by atoms with van der Waals surface area (Å²) in [5, 5.41) is 66.4. The maximum Gasteiger partial charge on any atom is 0.223 e. The van der Waals surface area contributed by atoms with Gasteiger partial charge in [-0.2, -0.15) is 0 Å². The second-order valence-corrected chi connectivity index (χ2v) is 12.6. The molecule has 2 saturated carbocycles. The molecule has 0 aromatic heterocycles. The van der Waals surface area contributed by atoms with Gasteiger partial charge >= 0.3 is 0 Å². The Hall–Kier alpha value is -1.99. The molecule has 11 nitrogen and oxygen atoms in total. The van der Waals surface area contributed by atoms with Gasteiger partial charge in [-0.1, -0.05) is 6.07 Å². The van der Waals surface area contributed by atoms with E-state index in [0.29, 0.717) is 37.4 Å². The molecule has 3 aliphatic heterocycles. The Morgan fingerprint density at radius 1 is 1.08 bits per heavy atom. The van der Waals surface area contributed by atoms with E-state index in [0.717, 1.165) is 24.2 Å². The van der Waals surface area contributed by atoms with Gasteiger partial charge in [0, 0.05) is 18.2 Å². The maximum absolute atomic E-state index is 13.2. The molecule has 1 spiro atoms. The van der Waals surface area contributed by atoms with Crippen molar-refractivity contribution in [3.8, 4) is 11.5 Å². The first kappa shape index (κ1) is 25.9. The van der Waals surface area contributed by atoms with Gasteiger partial charge in [0.1, 0.15) is 30.5 Å². The van der Waals surface area contributed by atoms with Gasteiger partial charge < -0.3 is 45.4 Å². The number of rotatable bonds is 6. The first-order valence-electron chi connectivity index (χ1n) is 14.3. The lowest BCUT2D eigenvalue weighted by Crippen LogP contribution is -2.78. The summed E-state index contributed by atoms with van der Waals surface area (Å²) in [6.45, 7) is 1.23. The number of piperidine rings is 1. The topological polar surface area (TPSA) is 172 Å². The highest BCUT2D eigenvalue weighted by molar-refractivity contribution is 5.77. The highest BCUT2D eigenvalue weighted by Gasteiger charge is 2.73. The number of ether oxygens (including phenoxy) is 2. The van der Waals surface area contributed by atoms with Crippen LogP contribution < -0.4 is 10.1 Å². The molecule has 214 valence electrons. The predicted octanol–water partition coefficient (Wildman–Crippen LogP) is -1.33. The Bertz CT molecular complexity index is 1160. The van der Waals surface area contributed by atoms with E-state index >= 15 is 0 Å². The van der Waals surface area contributed by atoms with Gasteiger partial charge in [-0.25, -0.2) is 0 Å². The van der Waals surface area contributed by atoms with Crippen molar-refractivity contribution in [2.24, 2.45) is 5.92 Å². The van der Waals surface area contributed by atoms with Crippen LogP contribution in [0.2, 0.25) is 0 Å². The van der Waals surface area contributed by atoms with Crippen LogP contribution in [0.1, 0.15) is 49.7 Å². The highest BCUT2D eigenvalue weighted by Crippen LogP contribution is 2.65. The number of hydrogen-bond donors (Lipinski definition) is 7. The number of hydrogen-bond acceptors (Lipinski definition) is 10. The van der Waals surface area contributed by atoms with Crippen LogP contribution in [0.4, 0.5) is 0 Å². The fourth-order valence-corrected chi connectivity index (χ4v) is 8.43. The lowest BCUT2D eigenvalue weighted by Gasteiger charge is -2.64. The van der Waals surface area contributed by atoms with Crippen LogP contribution in [0, 0.1) is 5.92 Å². The van der Waals surface area contributed by atoms with E-state index in [1.54, 1.807) is 6.07 Å². The van der Waals surface area contributed by atoms with Gasteiger partial charge in [0.15, 0.2) is 11.5 Å². The minimum Gasteiger partial charge on any atom is -0.504 e.